The van der Waals surface area contributed by atoms with Gasteiger partial charge in [-0.05, 0) is 13.3 Å². The monoisotopic (exact) mass is 128 g/mol. The van der Waals surface area contributed by atoms with Gasteiger partial charge in [-0.3, -0.25) is 0 Å². The third-order valence-electron chi connectivity index (χ3n) is 1.06. The van der Waals surface area contributed by atoms with Crippen LogP contribution in [-0.2, 0) is 0 Å². The first-order chi connectivity index (χ1) is 4.31. The van der Waals surface area contributed by atoms with E-state index in [1.807, 2.05) is 0 Å². The second kappa shape index (κ2) is 5.63. The summed E-state index contributed by atoms with van der Waals surface area (Å²) < 4.78 is 0. The van der Waals surface area contributed by atoms with Crippen molar-refractivity contribution in [3.05, 3.63) is 11.8 Å². The van der Waals surface area contributed by atoms with Crippen LogP contribution in [0.5, 0.6) is 0 Å². The van der Waals surface area contributed by atoms with Crippen LogP contribution in [-0.4, -0.2) is 13.1 Å². The Bertz CT molecular complexity index is 86.9. The second-order valence-corrected chi connectivity index (χ2v) is 2.01. The fourth-order valence-electron chi connectivity index (χ4n) is 0.648. The van der Waals surface area contributed by atoms with Crippen molar-refractivity contribution >= 4 is 0 Å². The molecule has 2 heteroatoms. The molecular formula is C7H16N2. The van der Waals surface area contributed by atoms with Gasteiger partial charge in [-0.1, -0.05) is 13.0 Å². The minimum atomic E-state index is 0.703. The van der Waals surface area contributed by atoms with Crippen LogP contribution in [0.1, 0.15) is 20.3 Å². The molecule has 3 N–H and O–H groups in total. The van der Waals surface area contributed by atoms with E-state index in [9.17, 15) is 0 Å². The highest BCUT2D eigenvalue weighted by Gasteiger charge is 1.82. The third-order valence-corrected chi connectivity index (χ3v) is 1.06. The molecule has 0 heterocycles. The number of rotatable bonds is 4. The molecule has 0 fully saturated rings. The molecule has 0 aliphatic carbocycles. The Hall–Kier alpha value is -0.500. The summed E-state index contributed by atoms with van der Waals surface area (Å²) >= 11 is 0. The smallest absolute Gasteiger partial charge is 0.0266 e. The van der Waals surface area contributed by atoms with Crippen molar-refractivity contribution in [3.63, 3.8) is 0 Å². The van der Waals surface area contributed by atoms with E-state index in [0.29, 0.717) is 6.54 Å². The molecule has 0 radical (unpaired) electrons. The Morgan fingerprint density at radius 3 is 2.78 bits per heavy atom. The summed E-state index contributed by atoms with van der Waals surface area (Å²) in [4.78, 5) is 0. The second-order valence-electron chi connectivity index (χ2n) is 2.01. The highest BCUT2D eigenvalue weighted by Crippen LogP contribution is 1.87. The predicted octanol–water partition coefficient (Wildman–Crippen LogP) is 0.849. The van der Waals surface area contributed by atoms with Gasteiger partial charge < -0.3 is 11.1 Å². The fraction of sp³-hybridized carbons (Fsp3) is 0.714. The van der Waals surface area contributed by atoms with Gasteiger partial charge in [0.05, 0.1) is 0 Å². The van der Waals surface area contributed by atoms with Gasteiger partial charge >= 0.3 is 0 Å². The zero-order valence-electron chi connectivity index (χ0n) is 6.28. The molecule has 0 aliphatic heterocycles. The van der Waals surface area contributed by atoms with Crippen LogP contribution in [0.15, 0.2) is 11.8 Å². The average Bonchev–Trinajstić information content (AvgIpc) is 1.85. The van der Waals surface area contributed by atoms with E-state index < -0.39 is 0 Å². The third kappa shape index (κ3) is 5.37. The molecule has 0 unspecified atom stereocenters. The molecule has 9 heavy (non-hydrogen) atoms. The Morgan fingerprint density at radius 1 is 1.67 bits per heavy atom. The summed E-state index contributed by atoms with van der Waals surface area (Å²) in [6.07, 6.45) is 3.24. The standard InChI is InChI=1S/C7H16N2/c1-3-4-7(2)9-6-5-8/h4,9H,3,5-6,8H2,1-2H3/b7-4-. The van der Waals surface area contributed by atoms with E-state index in [2.05, 4.69) is 25.2 Å². The zero-order chi connectivity index (χ0) is 7.11. The van der Waals surface area contributed by atoms with Crippen LogP contribution in [0.3, 0.4) is 0 Å². The molecule has 0 rings (SSSR count). The summed E-state index contributed by atoms with van der Waals surface area (Å²) in [5.74, 6) is 0. The Balaban J connectivity index is 3.25. The fourth-order valence-corrected chi connectivity index (χ4v) is 0.648. The van der Waals surface area contributed by atoms with Gasteiger partial charge in [-0.25, -0.2) is 0 Å². The maximum atomic E-state index is 5.28. The maximum Gasteiger partial charge on any atom is 0.0266 e. The number of hydrogen-bond donors (Lipinski definition) is 2. The molecule has 54 valence electrons. The van der Waals surface area contributed by atoms with Crippen molar-refractivity contribution in [3.8, 4) is 0 Å². The lowest BCUT2D eigenvalue weighted by Crippen LogP contribution is -2.20. The highest BCUT2D eigenvalue weighted by atomic mass is 14.9. The van der Waals surface area contributed by atoms with Gasteiger partial charge in [0.25, 0.3) is 0 Å². The molecule has 0 saturated carbocycles. The summed E-state index contributed by atoms with van der Waals surface area (Å²) in [5, 5.41) is 3.17. The predicted molar refractivity (Wildman–Crippen MR) is 41.1 cm³/mol. The summed E-state index contributed by atoms with van der Waals surface area (Å²) in [6, 6.07) is 0. The van der Waals surface area contributed by atoms with Crippen LogP contribution in [0.2, 0.25) is 0 Å². The van der Waals surface area contributed by atoms with Gasteiger partial charge in [0.1, 0.15) is 0 Å². The van der Waals surface area contributed by atoms with E-state index in [4.69, 9.17) is 5.73 Å². The van der Waals surface area contributed by atoms with Crippen LogP contribution in [0, 0.1) is 0 Å². The molecular weight excluding hydrogens is 112 g/mol. The van der Waals surface area contributed by atoms with E-state index in [-0.39, 0.29) is 0 Å². The first kappa shape index (κ1) is 8.50. The van der Waals surface area contributed by atoms with Crippen molar-refractivity contribution < 1.29 is 0 Å². The normalized spacial score (nSPS) is 11.7. The average molecular weight is 128 g/mol. The minimum absolute atomic E-state index is 0.703. The highest BCUT2D eigenvalue weighted by molar-refractivity contribution is 4.94. The first-order valence-corrected chi connectivity index (χ1v) is 3.42. The molecule has 0 spiro atoms. The van der Waals surface area contributed by atoms with Gasteiger partial charge in [0.15, 0.2) is 0 Å². The SMILES string of the molecule is CC/C=C(/C)NCCN. The first-order valence-electron chi connectivity index (χ1n) is 3.42. The number of nitrogens with two attached hydrogens (primary N) is 1. The van der Waals surface area contributed by atoms with Crippen molar-refractivity contribution in [1.82, 2.24) is 5.32 Å². The molecule has 0 aliphatic rings. The molecule has 0 aromatic heterocycles. The van der Waals surface area contributed by atoms with E-state index in [0.717, 1.165) is 13.0 Å². The Labute approximate surface area is 57.1 Å². The Kier molecular flexibility index (Phi) is 5.32. The van der Waals surface area contributed by atoms with E-state index in [1.54, 1.807) is 0 Å². The Morgan fingerprint density at radius 2 is 2.33 bits per heavy atom. The molecule has 0 aromatic rings. The lowest BCUT2D eigenvalue weighted by atomic mass is 10.3. The minimum Gasteiger partial charge on any atom is -0.388 e. The summed E-state index contributed by atoms with van der Waals surface area (Å²) in [6.45, 7) is 5.75. The molecule has 0 bridgehead atoms. The molecule has 0 aromatic carbocycles. The van der Waals surface area contributed by atoms with Crippen molar-refractivity contribution in [2.75, 3.05) is 13.1 Å². The number of allylic oxidation sites excluding steroid dienone is 2. The molecule has 0 amide bonds. The van der Waals surface area contributed by atoms with Crippen LogP contribution in [0.25, 0.3) is 0 Å². The van der Waals surface area contributed by atoms with Crippen molar-refractivity contribution in [2.45, 2.75) is 20.3 Å². The number of nitrogens with one attached hydrogen (secondary N) is 1. The van der Waals surface area contributed by atoms with Crippen molar-refractivity contribution in [1.29, 1.82) is 0 Å². The van der Waals surface area contributed by atoms with Crippen LogP contribution < -0.4 is 11.1 Å². The van der Waals surface area contributed by atoms with Crippen LogP contribution >= 0.6 is 0 Å². The molecule has 2 nitrogen and oxygen atoms in total. The number of hydrogen-bond acceptors (Lipinski definition) is 2. The van der Waals surface area contributed by atoms with E-state index >= 15 is 0 Å². The lowest BCUT2D eigenvalue weighted by Gasteiger charge is -2.02. The molecule has 0 saturated heterocycles. The van der Waals surface area contributed by atoms with Crippen LogP contribution in [0.4, 0.5) is 0 Å². The lowest BCUT2D eigenvalue weighted by molar-refractivity contribution is 0.792. The van der Waals surface area contributed by atoms with E-state index in [1.165, 1.54) is 5.70 Å². The maximum absolute atomic E-state index is 5.28. The van der Waals surface area contributed by atoms with Gasteiger partial charge in [0, 0.05) is 18.8 Å². The largest absolute Gasteiger partial charge is 0.388 e. The van der Waals surface area contributed by atoms with Gasteiger partial charge in [0.2, 0.25) is 0 Å². The summed E-state index contributed by atoms with van der Waals surface area (Å²) in [7, 11) is 0. The summed E-state index contributed by atoms with van der Waals surface area (Å²) in [5.41, 5.74) is 6.51. The topological polar surface area (TPSA) is 38.0 Å². The zero-order valence-corrected chi connectivity index (χ0v) is 6.28. The van der Waals surface area contributed by atoms with Gasteiger partial charge in [-0.15, -0.1) is 0 Å². The van der Waals surface area contributed by atoms with Crippen molar-refractivity contribution in [2.24, 2.45) is 5.73 Å². The quantitative estimate of drug-likeness (QED) is 0.589. The molecule has 0 atom stereocenters. The van der Waals surface area contributed by atoms with Gasteiger partial charge in [-0.2, -0.15) is 0 Å².